The maximum atomic E-state index is 12.3. The highest BCUT2D eigenvalue weighted by molar-refractivity contribution is 7.16. The van der Waals surface area contributed by atoms with E-state index in [9.17, 15) is 19.2 Å². The quantitative estimate of drug-likeness (QED) is 0.206. The van der Waals surface area contributed by atoms with Crippen LogP contribution in [0, 0.1) is 13.8 Å². The van der Waals surface area contributed by atoms with Gasteiger partial charge >= 0.3 is 23.9 Å². The zero-order valence-corrected chi connectivity index (χ0v) is 22.6. The van der Waals surface area contributed by atoms with Gasteiger partial charge in [0.05, 0.1) is 0 Å². The highest BCUT2D eigenvalue weighted by Gasteiger charge is 2.48. The Morgan fingerprint density at radius 2 is 0.947 bits per heavy atom. The first-order valence-electron chi connectivity index (χ1n) is 11.0. The molecule has 0 saturated carbocycles. The van der Waals surface area contributed by atoms with Gasteiger partial charge in [-0.1, -0.05) is 22.7 Å². The van der Waals surface area contributed by atoms with E-state index in [2.05, 4.69) is 30.6 Å². The fourth-order valence-corrected chi connectivity index (χ4v) is 5.07. The van der Waals surface area contributed by atoms with Gasteiger partial charge < -0.3 is 18.9 Å². The van der Waals surface area contributed by atoms with Crippen LogP contribution in [0.3, 0.4) is 0 Å². The molecule has 4 aromatic rings. The summed E-state index contributed by atoms with van der Waals surface area (Å²) >= 11 is 2.43. The van der Waals surface area contributed by atoms with E-state index in [0.717, 1.165) is 27.7 Å². The van der Waals surface area contributed by atoms with Crippen LogP contribution < -0.4 is 0 Å². The molecule has 16 nitrogen and oxygen atoms in total. The highest BCUT2D eigenvalue weighted by atomic mass is 32.1. The predicted octanol–water partition coefficient (Wildman–Crippen LogP) is 1.07. The van der Waals surface area contributed by atoms with Gasteiger partial charge in [0.25, 0.3) is 0 Å². The normalized spacial score (nSPS) is 14.6. The maximum Gasteiger partial charge on any atom is 0.303 e. The third-order valence-electron chi connectivity index (χ3n) is 4.85. The van der Waals surface area contributed by atoms with Gasteiger partial charge in [0.1, 0.15) is 10.0 Å². The molecule has 0 radical (unpaired) electrons. The average Bonchev–Trinajstić information content (AvgIpc) is 3.53. The van der Waals surface area contributed by atoms with E-state index >= 15 is 0 Å². The highest BCUT2D eigenvalue weighted by Crippen LogP contribution is 2.35. The first kappa shape index (κ1) is 27.0. The van der Waals surface area contributed by atoms with Gasteiger partial charge in [-0.15, -0.1) is 20.4 Å². The molecule has 0 saturated heterocycles. The summed E-state index contributed by atoms with van der Waals surface area (Å²) in [6, 6.07) is 0. The number of ether oxygens (including phenoxy) is 4. The minimum atomic E-state index is -1.61. The van der Waals surface area contributed by atoms with E-state index in [1.165, 1.54) is 31.7 Å². The molecule has 4 heterocycles. The Hall–Kier alpha value is -4.06. The predicted molar refractivity (Wildman–Crippen MR) is 127 cm³/mol. The number of esters is 4. The summed E-state index contributed by atoms with van der Waals surface area (Å²) in [5.74, 6) is -3.25. The third-order valence-corrected chi connectivity index (χ3v) is 6.48. The Labute approximate surface area is 221 Å². The van der Waals surface area contributed by atoms with Gasteiger partial charge in [-0.3, -0.25) is 19.2 Å². The second-order valence-corrected chi connectivity index (χ2v) is 10.3. The molecule has 0 unspecified atom stereocenters. The van der Waals surface area contributed by atoms with Crippen molar-refractivity contribution in [1.82, 2.24) is 39.6 Å². The molecule has 4 aromatic heterocycles. The summed E-state index contributed by atoms with van der Waals surface area (Å²) < 4.78 is 24.8. The Bertz CT molecular complexity index is 1410. The summed E-state index contributed by atoms with van der Waals surface area (Å²) in [6.07, 6.45) is -6.22. The van der Waals surface area contributed by atoms with Gasteiger partial charge in [0.15, 0.2) is 23.9 Å². The molecule has 18 heteroatoms. The third kappa shape index (κ3) is 5.59. The fourth-order valence-electron chi connectivity index (χ4n) is 3.69. The summed E-state index contributed by atoms with van der Waals surface area (Å²) in [6.45, 7) is 7.94. The van der Waals surface area contributed by atoms with Crippen LogP contribution in [0.2, 0.25) is 0 Å². The van der Waals surface area contributed by atoms with Gasteiger partial charge in [-0.2, -0.15) is 19.2 Å². The molecule has 4 atom stereocenters. The lowest BCUT2D eigenvalue weighted by molar-refractivity contribution is -0.201. The van der Waals surface area contributed by atoms with Crippen molar-refractivity contribution in [1.29, 1.82) is 0 Å². The van der Waals surface area contributed by atoms with Crippen molar-refractivity contribution in [2.24, 2.45) is 0 Å². The van der Waals surface area contributed by atoms with Crippen molar-refractivity contribution in [2.75, 3.05) is 0 Å². The van der Waals surface area contributed by atoms with Crippen LogP contribution >= 0.6 is 22.7 Å². The molecule has 202 valence electrons. The zero-order chi connectivity index (χ0) is 27.7. The van der Waals surface area contributed by atoms with Crippen LogP contribution in [0.4, 0.5) is 0 Å². The lowest BCUT2D eigenvalue weighted by Gasteiger charge is -2.34. The Morgan fingerprint density at radius 3 is 1.26 bits per heavy atom. The molecule has 0 aliphatic carbocycles. The van der Waals surface area contributed by atoms with Crippen molar-refractivity contribution >= 4 is 56.5 Å². The molecule has 0 N–H and O–H groups in total. The van der Waals surface area contributed by atoms with E-state index in [0.29, 0.717) is 19.9 Å². The van der Waals surface area contributed by atoms with Gasteiger partial charge in [-0.25, -0.2) is 0 Å². The van der Waals surface area contributed by atoms with Crippen molar-refractivity contribution < 1.29 is 38.1 Å². The number of carbonyl (C=O) groups excluding carboxylic acids is 4. The summed E-state index contributed by atoms with van der Waals surface area (Å²) in [5, 5.41) is 26.1. The second kappa shape index (κ2) is 10.7. The SMILES string of the molecule is CC(=O)O[C@H]([C@H](OC(C)=O)[C@@H](OC(C)=O)c1nnc2sc(C)nn12)[C@H](OC(C)=O)c1nnc2sc(C)nn12. The van der Waals surface area contributed by atoms with Gasteiger partial charge in [0, 0.05) is 27.7 Å². The average molecular weight is 567 g/mol. The molecule has 0 spiro atoms. The van der Waals surface area contributed by atoms with E-state index in [4.69, 9.17) is 18.9 Å². The number of hydrogen-bond acceptors (Lipinski definition) is 16. The van der Waals surface area contributed by atoms with Crippen LogP contribution in [-0.4, -0.2) is 75.7 Å². The molecule has 38 heavy (non-hydrogen) atoms. The number of aromatic nitrogens is 8. The molecule has 0 aliphatic rings. The standard InChI is InChI=1S/C20H22N8O8S2/c1-7-25-27-17(21-23-19(27)37-7)15(35-11(5)31)13(33-9(3)29)14(34-10(4)30)16(36-12(6)32)18-22-24-20-28(18)26-8(2)38-20/h13-16H,1-6H3/t13-,14+,15+,16-. The number of carbonyl (C=O) groups is 4. The molecule has 0 aromatic carbocycles. The number of rotatable bonds is 9. The van der Waals surface area contributed by atoms with E-state index in [1.807, 2.05) is 0 Å². The Morgan fingerprint density at radius 1 is 0.605 bits per heavy atom. The number of fused-ring (bicyclic) bond motifs is 2. The Balaban J connectivity index is 1.92. The van der Waals surface area contributed by atoms with Crippen molar-refractivity contribution in [3.63, 3.8) is 0 Å². The number of aryl methyl sites for hydroxylation is 2. The smallest absolute Gasteiger partial charge is 0.303 e. The first-order chi connectivity index (χ1) is 17.9. The molecule has 4 rings (SSSR count). The van der Waals surface area contributed by atoms with Gasteiger partial charge in [0.2, 0.25) is 22.1 Å². The van der Waals surface area contributed by atoms with Crippen LogP contribution in [-0.2, 0) is 38.1 Å². The largest absolute Gasteiger partial charge is 0.454 e. The van der Waals surface area contributed by atoms with Crippen molar-refractivity contribution in [3.8, 4) is 0 Å². The fraction of sp³-hybridized carbons (Fsp3) is 0.500. The molecule has 0 fully saturated rings. The van der Waals surface area contributed by atoms with Crippen molar-refractivity contribution in [3.05, 3.63) is 21.7 Å². The number of hydrogen-bond donors (Lipinski definition) is 0. The minimum Gasteiger partial charge on any atom is -0.454 e. The van der Waals surface area contributed by atoms with E-state index in [1.54, 1.807) is 13.8 Å². The van der Waals surface area contributed by atoms with Crippen LogP contribution in [0.1, 0.15) is 61.6 Å². The molecular formula is C20H22N8O8S2. The monoisotopic (exact) mass is 566 g/mol. The van der Waals surface area contributed by atoms with Crippen LogP contribution in [0.15, 0.2) is 0 Å². The van der Waals surface area contributed by atoms with Gasteiger partial charge in [-0.05, 0) is 13.8 Å². The zero-order valence-electron chi connectivity index (χ0n) is 21.0. The first-order valence-corrected chi connectivity index (χ1v) is 12.6. The molecular weight excluding hydrogens is 544 g/mol. The second-order valence-electron chi connectivity index (χ2n) is 7.96. The minimum absolute atomic E-state index is 0.0274. The number of nitrogens with zero attached hydrogens (tertiary/aromatic N) is 8. The molecule has 0 aliphatic heterocycles. The van der Waals surface area contributed by atoms with Crippen molar-refractivity contribution in [2.45, 2.75) is 66.0 Å². The lowest BCUT2D eigenvalue weighted by atomic mass is 10.0. The topological polar surface area (TPSA) is 191 Å². The Kier molecular flexibility index (Phi) is 7.63. The van der Waals surface area contributed by atoms with Crippen LogP contribution in [0.25, 0.3) is 9.92 Å². The lowest BCUT2D eigenvalue weighted by Crippen LogP contribution is -2.46. The van der Waals surface area contributed by atoms with E-state index < -0.39 is 48.3 Å². The summed E-state index contributed by atoms with van der Waals surface area (Å²) in [7, 11) is 0. The van der Waals surface area contributed by atoms with Crippen LogP contribution in [0.5, 0.6) is 0 Å². The maximum absolute atomic E-state index is 12.3. The van der Waals surface area contributed by atoms with E-state index in [-0.39, 0.29) is 11.6 Å². The molecule has 0 bridgehead atoms. The summed E-state index contributed by atoms with van der Waals surface area (Å²) in [4.78, 5) is 49.8. The summed E-state index contributed by atoms with van der Waals surface area (Å²) in [5.41, 5.74) is 0. The molecule has 0 amide bonds.